The van der Waals surface area contributed by atoms with Gasteiger partial charge in [-0.2, -0.15) is 0 Å². The normalized spacial score (nSPS) is 18.7. The number of hydrogen-bond donors (Lipinski definition) is 0. The van der Waals surface area contributed by atoms with E-state index in [1.807, 2.05) is 6.20 Å². The Labute approximate surface area is 99.0 Å². The van der Waals surface area contributed by atoms with Crippen molar-refractivity contribution in [3.05, 3.63) is 16.6 Å². The molecule has 2 heterocycles. The van der Waals surface area contributed by atoms with E-state index in [-0.39, 0.29) is 0 Å². The van der Waals surface area contributed by atoms with Gasteiger partial charge in [0.2, 0.25) is 0 Å². The van der Waals surface area contributed by atoms with E-state index in [9.17, 15) is 0 Å². The molecule has 0 bridgehead atoms. The number of ether oxygens (including phenoxy) is 1. The number of halogens is 1. The Kier molecular flexibility index (Phi) is 3.46. The summed E-state index contributed by atoms with van der Waals surface area (Å²) in [4.78, 5) is 4.35. The molecule has 0 radical (unpaired) electrons. The Bertz CT molecular complexity index is 329. The van der Waals surface area contributed by atoms with Gasteiger partial charge in [0.05, 0.1) is 0 Å². The van der Waals surface area contributed by atoms with Gasteiger partial charge < -0.3 is 9.30 Å². The minimum atomic E-state index is 0.458. The topological polar surface area (TPSA) is 27.1 Å². The molecule has 15 heavy (non-hydrogen) atoms. The smallest absolute Gasteiger partial charge is 0.177 e. The third kappa shape index (κ3) is 2.26. The first-order chi connectivity index (χ1) is 7.20. The van der Waals surface area contributed by atoms with Crippen LogP contribution in [0.3, 0.4) is 0 Å². The maximum Gasteiger partial charge on any atom is 0.177 e. The van der Waals surface area contributed by atoms with Gasteiger partial charge in [-0.05, 0) is 42.6 Å². The summed E-state index contributed by atoms with van der Waals surface area (Å²) in [6.07, 6.45) is 4.23. The van der Waals surface area contributed by atoms with Crippen LogP contribution >= 0.6 is 15.9 Å². The summed E-state index contributed by atoms with van der Waals surface area (Å²) >= 11 is 3.50. The lowest BCUT2D eigenvalue weighted by atomic mass is 9.96. The van der Waals surface area contributed by atoms with Crippen LogP contribution in [-0.2, 0) is 4.74 Å². The molecule has 0 atom stereocenters. The Morgan fingerprint density at radius 2 is 2.13 bits per heavy atom. The third-order valence-corrected chi connectivity index (χ3v) is 3.52. The molecule has 0 amide bonds. The molecular weight excluding hydrogens is 256 g/mol. The maximum atomic E-state index is 5.39. The molecule has 1 aliphatic rings. The zero-order chi connectivity index (χ0) is 10.8. The summed E-state index contributed by atoms with van der Waals surface area (Å²) in [6.45, 7) is 6.14. The molecule has 1 aromatic rings. The number of nitrogens with zero attached hydrogens (tertiary/aromatic N) is 2. The lowest BCUT2D eigenvalue weighted by Gasteiger charge is -2.24. The van der Waals surface area contributed by atoms with Crippen molar-refractivity contribution in [3.63, 3.8) is 0 Å². The minimum absolute atomic E-state index is 0.458. The molecule has 0 aliphatic carbocycles. The first-order valence-corrected chi connectivity index (χ1v) is 6.30. The summed E-state index contributed by atoms with van der Waals surface area (Å²) in [7, 11) is 0. The van der Waals surface area contributed by atoms with Gasteiger partial charge in [0.15, 0.2) is 4.73 Å². The van der Waals surface area contributed by atoms with Gasteiger partial charge in [-0.3, -0.25) is 0 Å². The van der Waals surface area contributed by atoms with Crippen LogP contribution in [-0.4, -0.2) is 22.8 Å². The Hall–Kier alpha value is -0.350. The van der Waals surface area contributed by atoms with Crippen LogP contribution in [0.4, 0.5) is 0 Å². The predicted octanol–water partition coefficient (Wildman–Crippen LogP) is 3.12. The maximum absolute atomic E-state index is 5.39. The highest BCUT2D eigenvalue weighted by atomic mass is 79.9. The van der Waals surface area contributed by atoms with Crippen molar-refractivity contribution in [3.8, 4) is 0 Å². The fourth-order valence-corrected chi connectivity index (χ4v) is 2.87. The van der Waals surface area contributed by atoms with Crippen molar-refractivity contribution >= 4 is 15.9 Å². The summed E-state index contributed by atoms with van der Waals surface area (Å²) in [5.41, 5.74) is 1.35. The van der Waals surface area contributed by atoms with Crippen LogP contribution in [0.1, 0.15) is 44.3 Å². The van der Waals surface area contributed by atoms with E-state index in [0.717, 1.165) is 30.8 Å². The third-order valence-electron chi connectivity index (χ3n) is 2.94. The quantitative estimate of drug-likeness (QED) is 0.827. The lowest BCUT2D eigenvalue weighted by molar-refractivity contribution is 0.0835. The molecule has 0 unspecified atom stereocenters. The average molecular weight is 273 g/mol. The minimum Gasteiger partial charge on any atom is -0.381 e. The van der Waals surface area contributed by atoms with E-state index in [1.54, 1.807) is 0 Å². The Balaban J connectivity index is 2.26. The van der Waals surface area contributed by atoms with Crippen molar-refractivity contribution < 1.29 is 4.74 Å². The van der Waals surface area contributed by atoms with Gasteiger partial charge >= 0.3 is 0 Å². The molecule has 0 spiro atoms. The van der Waals surface area contributed by atoms with Crippen LogP contribution in [0, 0.1) is 0 Å². The van der Waals surface area contributed by atoms with Crippen molar-refractivity contribution in [2.24, 2.45) is 0 Å². The molecule has 3 nitrogen and oxygen atoms in total. The van der Waals surface area contributed by atoms with Gasteiger partial charge in [0, 0.05) is 37.1 Å². The van der Waals surface area contributed by atoms with Gasteiger partial charge in [0.25, 0.3) is 0 Å². The van der Waals surface area contributed by atoms with Gasteiger partial charge in [-0.1, -0.05) is 0 Å². The van der Waals surface area contributed by atoms with Crippen LogP contribution < -0.4 is 0 Å². The molecule has 1 fully saturated rings. The summed E-state index contributed by atoms with van der Waals surface area (Å²) in [5, 5.41) is 0. The van der Waals surface area contributed by atoms with E-state index >= 15 is 0 Å². The second kappa shape index (κ2) is 4.66. The molecule has 0 N–H and O–H groups in total. The second-order valence-electron chi connectivity index (χ2n) is 4.30. The number of rotatable bonds is 2. The zero-order valence-electron chi connectivity index (χ0n) is 9.24. The highest BCUT2D eigenvalue weighted by Crippen LogP contribution is 2.30. The standard InChI is InChI=1S/C11H17BrN2O/c1-8(2)14-10(7-13-11(14)12)9-3-5-15-6-4-9/h7-9H,3-6H2,1-2H3. The summed E-state index contributed by atoms with van der Waals surface area (Å²) in [5.74, 6) is 0.611. The van der Waals surface area contributed by atoms with Crippen LogP contribution in [0.2, 0.25) is 0 Å². The van der Waals surface area contributed by atoms with Gasteiger partial charge in [-0.15, -0.1) is 0 Å². The van der Waals surface area contributed by atoms with Gasteiger partial charge in [0.1, 0.15) is 0 Å². The Morgan fingerprint density at radius 1 is 1.47 bits per heavy atom. The van der Waals surface area contributed by atoms with Crippen LogP contribution in [0.5, 0.6) is 0 Å². The van der Waals surface area contributed by atoms with Crippen molar-refractivity contribution in [2.45, 2.75) is 38.6 Å². The number of aromatic nitrogens is 2. The fraction of sp³-hybridized carbons (Fsp3) is 0.727. The molecule has 0 saturated carbocycles. The number of imidazole rings is 1. The van der Waals surface area contributed by atoms with E-state index in [2.05, 4.69) is 39.3 Å². The van der Waals surface area contributed by atoms with Crippen LogP contribution in [0.15, 0.2) is 10.9 Å². The molecule has 1 aromatic heterocycles. The van der Waals surface area contributed by atoms with Crippen molar-refractivity contribution in [1.82, 2.24) is 9.55 Å². The molecule has 1 saturated heterocycles. The van der Waals surface area contributed by atoms with E-state index in [1.165, 1.54) is 5.69 Å². The van der Waals surface area contributed by atoms with Crippen molar-refractivity contribution in [2.75, 3.05) is 13.2 Å². The first-order valence-electron chi connectivity index (χ1n) is 5.50. The van der Waals surface area contributed by atoms with E-state index in [4.69, 9.17) is 4.74 Å². The molecule has 1 aliphatic heterocycles. The average Bonchev–Trinajstić information content (AvgIpc) is 2.61. The fourth-order valence-electron chi connectivity index (χ4n) is 2.16. The number of hydrogen-bond acceptors (Lipinski definition) is 2. The highest BCUT2D eigenvalue weighted by Gasteiger charge is 2.22. The van der Waals surface area contributed by atoms with Gasteiger partial charge in [-0.25, -0.2) is 4.98 Å². The molecule has 4 heteroatoms. The van der Waals surface area contributed by atoms with Crippen LogP contribution in [0.25, 0.3) is 0 Å². The first kappa shape index (κ1) is 11.1. The molecule has 84 valence electrons. The Morgan fingerprint density at radius 3 is 2.73 bits per heavy atom. The summed E-state index contributed by atoms with van der Waals surface area (Å²) < 4.78 is 8.60. The summed E-state index contributed by atoms with van der Waals surface area (Å²) in [6, 6.07) is 0.458. The van der Waals surface area contributed by atoms with E-state index < -0.39 is 0 Å². The predicted molar refractivity (Wildman–Crippen MR) is 63.1 cm³/mol. The molecule has 2 rings (SSSR count). The monoisotopic (exact) mass is 272 g/mol. The largest absolute Gasteiger partial charge is 0.381 e. The van der Waals surface area contributed by atoms with Crippen molar-refractivity contribution in [1.29, 1.82) is 0 Å². The zero-order valence-corrected chi connectivity index (χ0v) is 10.8. The SMILES string of the molecule is CC(C)n1c(C2CCOCC2)cnc1Br. The molecule has 0 aromatic carbocycles. The van der Waals surface area contributed by atoms with E-state index in [0.29, 0.717) is 12.0 Å². The lowest BCUT2D eigenvalue weighted by Crippen LogP contribution is -2.18. The highest BCUT2D eigenvalue weighted by molar-refractivity contribution is 9.10. The molecular formula is C11H17BrN2O. The second-order valence-corrected chi connectivity index (χ2v) is 5.01.